The average Bonchev–Trinajstić information content (AvgIpc) is 2.46. The summed E-state index contributed by atoms with van der Waals surface area (Å²) >= 11 is 0. The van der Waals surface area contributed by atoms with Crippen molar-refractivity contribution in [3.05, 3.63) is 53.1 Å². The maximum Gasteiger partial charge on any atom is 0.416 e. The van der Waals surface area contributed by atoms with Crippen molar-refractivity contribution in [3.63, 3.8) is 0 Å². The molecule has 11 heteroatoms. The minimum atomic E-state index is -5.09. The SMILES string of the molecule is Nc1cc(C(F)(F)F)ccc1Oc1cc(C(F)(F)F)cc(C(F)(F)F)c1. The van der Waals surface area contributed by atoms with Crippen molar-refractivity contribution >= 4 is 5.69 Å². The van der Waals surface area contributed by atoms with Crippen LogP contribution in [0.25, 0.3) is 0 Å². The van der Waals surface area contributed by atoms with Gasteiger partial charge in [-0.3, -0.25) is 0 Å². The molecule has 0 unspecified atom stereocenters. The summed E-state index contributed by atoms with van der Waals surface area (Å²) in [5, 5.41) is 0. The molecule has 0 amide bonds. The fourth-order valence-electron chi connectivity index (χ4n) is 1.93. The van der Waals surface area contributed by atoms with Crippen LogP contribution in [0.1, 0.15) is 16.7 Å². The second-order valence-corrected chi connectivity index (χ2v) is 5.09. The van der Waals surface area contributed by atoms with Crippen molar-refractivity contribution in [2.75, 3.05) is 5.73 Å². The van der Waals surface area contributed by atoms with Crippen LogP contribution in [-0.4, -0.2) is 0 Å². The van der Waals surface area contributed by atoms with E-state index in [2.05, 4.69) is 0 Å². The second kappa shape index (κ2) is 6.29. The molecule has 0 aromatic heterocycles. The number of halogens is 9. The Bertz CT molecular complexity index is 774. The fraction of sp³-hybridized carbons (Fsp3) is 0.200. The highest BCUT2D eigenvalue weighted by Gasteiger charge is 2.37. The Morgan fingerprint density at radius 2 is 1.08 bits per heavy atom. The van der Waals surface area contributed by atoms with Crippen LogP contribution in [0, 0.1) is 0 Å². The van der Waals surface area contributed by atoms with E-state index in [1.54, 1.807) is 0 Å². The van der Waals surface area contributed by atoms with Gasteiger partial charge in [0.05, 0.1) is 22.4 Å². The Morgan fingerprint density at radius 3 is 1.46 bits per heavy atom. The third-order valence-corrected chi connectivity index (χ3v) is 3.13. The maximum atomic E-state index is 12.8. The number of ether oxygens (including phenoxy) is 1. The molecule has 142 valence electrons. The zero-order valence-corrected chi connectivity index (χ0v) is 12.4. The van der Waals surface area contributed by atoms with E-state index < -0.39 is 52.4 Å². The summed E-state index contributed by atoms with van der Waals surface area (Å²) in [6.07, 6.45) is -14.9. The predicted molar refractivity (Wildman–Crippen MR) is 72.4 cm³/mol. The summed E-state index contributed by atoms with van der Waals surface area (Å²) in [4.78, 5) is 0. The van der Waals surface area contributed by atoms with Gasteiger partial charge in [-0.25, -0.2) is 0 Å². The molecule has 0 aliphatic carbocycles. The van der Waals surface area contributed by atoms with Crippen LogP contribution in [0.3, 0.4) is 0 Å². The molecule has 0 aliphatic rings. The van der Waals surface area contributed by atoms with Crippen LogP contribution in [-0.2, 0) is 18.5 Å². The second-order valence-electron chi connectivity index (χ2n) is 5.09. The van der Waals surface area contributed by atoms with Gasteiger partial charge in [-0.1, -0.05) is 0 Å². The zero-order valence-electron chi connectivity index (χ0n) is 12.4. The van der Waals surface area contributed by atoms with Gasteiger partial charge in [0.2, 0.25) is 0 Å². The highest BCUT2D eigenvalue weighted by atomic mass is 19.4. The van der Waals surface area contributed by atoms with Crippen LogP contribution >= 0.6 is 0 Å². The lowest BCUT2D eigenvalue weighted by Crippen LogP contribution is -2.11. The Balaban J connectivity index is 2.46. The number of nitrogens with two attached hydrogens (primary N) is 1. The summed E-state index contributed by atoms with van der Waals surface area (Å²) < 4.78 is 119. The molecule has 2 aromatic carbocycles. The van der Waals surface area contributed by atoms with E-state index in [-0.39, 0.29) is 18.2 Å². The molecular weight excluding hydrogens is 381 g/mol. The van der Waals surface area contributed by atoms with Gasteiger partial charge in [0.1, 0.15) is 11.5 Å². The van der Waals surface area contributed by atoms with E-state index in [1.165, 1.54) is 0 Å². The van der Waals surface area contributed by atoms with Crippen molar-refractivity contribution in [2.24, 2.45) is 0 Å². The van der Waals surface area contributed by atoms with Gasteiger partial charge >= 0.3 is 18.5 Å². The van der Waals surface area contributed by atoms with Crippen molar-refractivity contribution in [1.82, 2.24) is 0 Å². The van der Waals surface area contributed by atoms with Gasteiger partial charge in [0, 0.05) is 0 Å². The summed E-state index contributed by atoms with van der Waals surface area (Å²) in [6.45, 7) is 0. The van der Waals surface area contributed by atoms with Crippen molar-refractivity contribution in [1.29, 1.82) is 0 Å². The monoisotopic (exact) mass is 389 g/mol. The van der Waals surface area contributed by atoms with Gasteiger partial charge in [0.25, 0.3) is 0 Å². The smallest absolute Gasteiger partial charge is 0.416 e. The Hall–Kier alpha value is -2.59. The largest absolute Gasteiger partial charge is 0.455 e. The molecule has 2 N–H and O–H groups in total. The van der Waals surface area contributed by atoms with Crippen LogP contribution in [0.5, 0.6) is 11.5 Å². The molecule has 0 saturated heterocycles. The first kappa shape index (κ1) is 19.7. The molecule has 2 rings (SSSR count). The third-order valence-electron chi connectivity index (χ3n) is 3.13. The summed E-state index contributed by atoms with van der Waals surface area (Å²) in [5.74, 6) is -1.40. The first-order valence-electron chi connectivity index (χ1n) is 6.62. The molecule has 26 heavy (non-hydrogen) atoms. The number of nitrogen functional groups attached to an aromatic ring is 1. The lowest BCUT2D eigenvalue weighted by atomic mass is 10.1. The Labute approximate surface area is 140 Å². The van der Waals surface area contributed by atoms with Crippen LogP contribution in [0.15, 0.2) is 36.4 Å². The van der Waals surface area contributed by atoms with Gasteiger partial charge in [-0.2, -0.15) is 39.5 Å². The minimum Gasteiger partial charge on any atom is -0.455 e. The highest BCUT2D eigenvalue weighted by molar-refractivity contribution is 5.56. The van der Waals surface area contributed by atoms with E-state index in [0.717, 1.165) is 0 Å². The van der Waals surface area contributed by atoms with Crippen LogP contribution in [0.4, 0.5) is 45.2 Å². The Morgan fingerprint density at radius 1 is 0.615 bits per heavy atom. The van der Waals surface area contributed by atoms with E-state index in [0.29, 0.717) is 18.2 Å². The van der Waals surface area contributed by atoms with Crippen LogP contribution in [0.2, 0.25) is 0 Å². The highest BCUT2D eigenvalue weighted by Crippen LogP contribution is 2.40. The van der Waals surface area contributed by atoms with Gasteiger partial charge in [-0.15, -0.1) is 0 Å². The molecule has 0 radical (unpaired) electrons. The number of alkyl halides is 9. The first-order valence-corrected chi connectivity index (χ1v) is 6.62. The van der Waals surface area contributed by atoms with Crippen molar-refractivity contribution < 1.29 is 44.3 Å². The van der Waals surface area contributed by atoms with Crippen molar-refractivity contribution in [2.45, 2.75) is 18.5 Å². The first-order chi connectivity index (χ1) is 11.7. The molecular formula is C15H8F9NO. The maximum absolute atomic E-state index is 12.8. The number of anilines is 1. The van der Waals surface area contributed by atoms with E-state index in [9.17, 15) is 39.5 Å². The molecule has 0 atom stereocenters. The number of benzene rings is 2. The topological polar surface area (TPSA) is 35.2 Å². The van der Waals surface area contributed by atoms with E-state index in [4.69, 9.17) is 10.5 Å². The summed E-state index contributed by atoms with van der Waals surface area (Å²) in [5.41, 5.74) is 0.324. The zero-order chi connectivity index (χ0) is 19.9. The lowest BCUT2D eigenvalue weighted by molar-refractivity contribution is -0.143. The minimum absolute atomic E-state index is 0.108. The molecule has 0 saturated carbocycles. The molecule has 2 nitrogen and oxygen atoms in total. The standard InChI is InChI=1S/C15H8F9NO/c16-13(17,18)7-1-2-12(11(25)6-7)26-10-4-8(14(19,20)21)3-9(5-10)15(22,23)24/h1-6H,25H2. The number of rotatable bonds is 2. The van der Waals surface area contributed by atoms with E-state index in [1.807, 2.05) is 0 Å². The Kier molecular flexibility index (Phi) is 4.77. The molecule has 0 aliphatic heterocycles. The summed E-state index contributed by atoms with van der Waals surface area (Å²) in [7, 11) is 0. The molecule has 0 spiro atoms. The predicted octanol–water partition coefficient (Wildman–Crippen LogP) is 6.12. The van der Waals surface area contributed by atoms with Gasteiger partial charge in [0.15, 0.2) is 0 Å². The fourth-order valence-corrected chi connectivity index (χ4v) is 1.93. The molecule has 0 bridgehead atoms. The van der Waals surface area contributed by atoms with Gasteiger partial charge < -0.3 is 10.5 Å². The normalized spacial score (nSPS) is 13.0. The quantitative estimate of drug-likeness (QED) is 0.496. The van der Waals surface area contributed by atoms with E-state index >= 15 is 0 Å². The van der Waals surface area contributed by atoms with Crippen LogP contribution < -0.4 is 10.5 Å². The number of hydrogen-bond acceptors (Lipinski definition) is 2. The number of hydrogen-bond donors (Lipinski definition) is 1. The average molecular weight is 389 g/mol. The summed E-state index contributed by atoms with van der Waals surface area (Å²) in [6, 6.07) is 2.14. The molecule has 0 fully saturated rings. The van der Waals surface area contributed by atoms with Gasteiger partial charge in [-0.05, 0) is 36.4 Å². The third kappa shape index (κ3) is 4.52. The molecule has 2 aromatic rings. The molecule has 0 heterocycles. The lowest BCUT2D eigenvalue weighted by Gasteiger charge is -2.16. The van der Waals surface area contributed by atoms with Crippen molar-refractivity contribution in [3.8, 4) is 11.5 Å².